The van der Waals surface area contributed by atoms with Gasteiger partial charge in [0.05, 0.1) is 0 Å². The zero-order valence-electron chi connectivity index (χ0n) is 15.1. The van der Waals surface area contributed by atoms with E-state index in [9.17, 15) is 0 Å². The van der Waals surface area contributed by atoms with E-state index in [4.69, 9.17) is 9.47 Å². The van der Waals surface area contributed by atoms with Crippen molar-refractivity contribution in [1.29, 1.82) is 0 Å². The highest BCUT2D eigenvalue weighted by Crippen LogP contribution is 2.35. The molecule has 0 amide bonds. The number of ether oxygens (including phenoxy) is 2. The Morgan fingerprint density at radius 3 is 2.72 bits per heavy atom. The fourth-order valence-corrected chi connectivity index (χ4v) is 3.10. The predicted molar refractivity (Wildman–Crippen MR) is 100 cm³/mol. The van der Waals surface area contributed by atoms with Crippen LogP contribution in [-0.2, 0) is 13.1 Å². The van der Waals surface area contributed by atoms with E-state index in [0.29, 0.717) is 6.79 Å². The normalized spacial score (nSPS) is 12.4. The second-order valence-corrected chi connectivity index (χ2v) is 6.26. The van der Waals surface area contributed by atoms with Crippen LogP contribution >= 0.6 is 0 Å². The van der Waals surface area contributed by atoms with Crippen molar-refractivity contribution in [3.05, 3.63) is 47.7 Å². The molecule has 0 saturated carbocycles. The van der Waals surface area contributed by atoms with Gasteiger partial charge >= 0.3 is 0 Å². The molecule has 25 heavy (non-hydrogen) atoms. The third-order valence-electron chi connectivity index (χ3n) is 4.24. The molecule has 1 N–H and O–H groups in total. The van der Waals surface area contributed by atoms with Crippen LogP contribution < -0.4 is 19.7 Å². The number of hydrogen-bond acceptors (Lipinski definition) is 5. The monoisotopic (exact) mass is 341 g/mol. The first-order valence-corrected chi connectivity index (χ1v) is 9.10. The number of nitrogens with one attached hydrogen (secondary N) is 1. The lowest BCUT2D eigenvalue weighted by molar-refractivity contribution is 0.173. The van der Waals surface area contributed by atoms with E-state index in [2.05, 4.69) is 47.2 Å². The van der Waals surface area contributed by atoms with Gasteiger partial charge < -0.3 is 19.7 Å². The summed E-state index contributed by atoms with van der Waals surface area (Å²) in [6, 6.07) is 10.3. The SMILES string of the molecule is CCCN(CCC)c1cc(CNCc2cccc3c2OCO3)ccn1. The second kappa shape index (κ2) is 8.72. The van der Waals surface area contributed by atoms with Gasteiger partial charge in [-0.1, -0.05) is 26.0 Å². The summed E-state index contributed by atoms with van der Waals surface area (Å²) >= 11 is 0. The van der Waals surface area contributed by atoms with Crippen molar-refractivity contribution < 1.29 is 9.47 Å². The molecule has 5 heteroatoms. The third kappa shape index (κ3) is 4.42. The molecule has 5 nitrogen and oxygen atoms in total. The van der Waals surface area contributed by atoms with Gasteiger partial charge in [-0.05, 0) is 36.6 Å². The molecule has 134 valence electrons. The molecule has 2 heterocycles. The maximum Gasteiger partial charge on any atom is 0.231 e. The Bertz CT molecular complexity index is 684. The van der Waals surface area contributed by atoms with Crippen LogP contribution in [0.15, 0.2) is 36.5 Å². The highest BCUT2D eigenvalue weighted by molar-refractivity contribution is 5.48. The quantitative estimate of drug-likeness (QED) is 0.753. The van der Waals surface area contributed by atoms with Gasteiger partial charge in [-0.3, -0.25) is 0 Å². The average Bonchev–Trinajstić information content (AvgIpc) is 3.11. The molecule has 1 aromatic heterocycles. The molecule has 1 aliphatic heterocycles. The minimum absolute atomic E-state index is 0.310. The number of pyridine rings is 1. The van der Waals surface area contributed by atoms with Gasteiger partial charge in [-0.2, -0.15) is 0 Å². The smallest absolute Gasteiger partial charge is 0.231 e. The Labute approximate surface area is 150 Å². The number of benzene rings is 1. The van der Waals surface area contributed by atoms with E-state index in [0.717, 1.165) is 61.9 Å². The number of anilines is 1. The van der Waals surface area contributed by atoms with Crippen molar-refractivity contribution in [1.82, 2.24) is 10.3 Å². The number of aromatic nitrogens is 1. The van der Waals surface area contributed by atoms with Crippen LogP contribution in [0.5, 0.6) is 11.5 Å². The van der Waals surface area contributed by atoms with Crippen LogP contribution in [0.1, 0.15) is 37.8 Å². The lowest BCUT2D eigenvalue weighted by Crippen LogP contribution is -2.26. The summed E-state index contributed by atoms with van der Waals surface area (Å²) in [6.07, 6.45) is 4.17. The van der Waals surface area contributed by atoms with Gasteiger partial charge in [0.2, 0.25) is 6.79 Å². The van der Waals surface area contributed by atoms with Gasteiger partial charge in [0.15, 0.2) is 11.5 Å². The molecule has 0 bridgehead atoms. The van der Waals surface area contributed by atoms with Crippen molar-refractivity contribution in [2.24, 2.45) is 0 Å². The molecule has 0 spiro atoms. The van der Waals surface area contributed by atoms with Gasteiger partial charge in [0, 0.05) is 37.9 Å². The topological polar surface area (TPSA) is 46.6 Å². The molecular weight excluding hydrogens is 314 g/mol. The molecule has 0 unspecified atom stereocenters. The Morgan fingerprint density at radius 2 is 1.92 bits per heavy atom. The molecule has 0 radical (unpaired) electrons. The predicted octanol–water partition coefficient (Wildman–Crippen LogP) is 3.73. The second-order valence-electron chi connectivity index (χ2n) is 6.26. The Hall–Kier alpha value is -2.27. The summed E-state index contributed by atoms with van der Waals surface area (Å²) in [4.78, 5) is 6.91. The standard InChI is InChI=1S/C20H27N3O2/c1-3-10-23(11-4-2)19-12-16(8-9-22-19)13-21-14-17-6-5-7-18-20(17)25-15-24-18/h5-9,12,21H,3-4,10-11,13-15H2,1-2H3. The molecule has 1 aromatic carbocycles. The number of rotatable bonds is 9. The first-order valence-electron chi connectivity index (χ1n) is 9.10. The van der Waals surface area contributed by atoms with E-state index in [1.807, 2.05) is 18.3 Å². The van der Waals surface area contributed by atoms with E-state index < -0.39 is 0 Å². The molecule has 2 aromatic rings. The third-order valence-corrected chi connectivity index (χ3v) is 4.24. The van der Waals surface area contributed by atoms with E-state index in [-0.39, 0.29) is 0 Å². The average molecular weight is 341 g/mol. The van der Waals surface area contributed by atoms with Crippen molar-refractivity contribution in [3.63, 3.8) is 0 Å². The zero-order chi connectivity index (χ0) is 17.5. The molecule has 0 atom stereocenters. The first-order chi connectivity index (χ1) is 12.3. The number of fused-ring (bicyclic) bond motifs is 1. The van der Waals surface area contributed by atoms with Crippen LogP contribution in [0.4, 0.5) is 5.82 Å². The van der Waals surface area contributed by atoms with Crippen LogP contribution in [0, 0.1) is 0 Å². The highest BCUT2D eigenvalue weighted by Gasteiger charge is 2.16. The van der Waals surface area contributed by atoms with Crippen LogP contribution in [0.25, 0.3) is 0 Å². The summed E-state index contributed by atoms with van der Waals surface area (Å²) in [7, 11) is 0. The maximum atomic E-state index is 5.56. The van der Waals surface area contributed by atoms with Crippen molar-refractivity contribution in [3.8, 4) is 11.5 Å². The summed E-state index contributed by atoms with van der Waals surface area (Å²) in [5.41, 5.74) is 2.37. The van der Waals surface area contributed by atoms with Crippen molar-refractivity contribution in [2.75, 3.05) is 24.8 Å². The fourth-order valence-electron chi connectivity index (χ4n) is 3.10. The number of nitrogens with zero attached hydrogens (tertiary/aromatic N) is 2. The van der Waals surface area contributed by atoms with Crippen molar-refractivity contribution in [2.45, 2.75) is 39.8 Å². The van der Waals surface area contributed by atoms with E-state index in [1.54, 1.807) is 0 Å². The van der Waals surface area contributed by atoms with Crippen LogP contribution in [0.3, 0.4) is 0 Å². The van der Waals surface area contributed by atoms with E-state index >= 15 is 0 Å². The largest absolute Gasteiger partial charge is 0.454 e. The van der Waals surface area contributed by atoms with Gasteiger partial charge in [0.25, 0.3) is 0 Å². The fraction of sp³-hybridized carbons (Fsp3) is 0.450. The molecule has 0 saturated heterocycles. The Morgan fingerprint density at radius 1 is 1.08 bits per heavy atom. The Balaban J connectivity index is 1.60. The zero-order valence-corrected chi connectivity index (χ0v) is 15.1. The van der Waals surface area contributed by atoms with Crippen LogP contribution in [-0.4, -0.2) is 24.9 Å². The van der Waals surface area contributed by atoms with Gasteiger partial charge in [-0.15, -0.1) is 0 Å². The maximum absolute atomic E-state index is 5.56. The van der Waals surface area contributed by atoms with Gasteiger partial charge in [0.1, 0.15) is 5.82 Å². The lowest BCUT2D eigenvalue weighted by atomic mass is 10.1. The minimum atomic E-state index is 0.310. The Kier molecular flexibility index (Phi) is 6.12. The van der Waals surface area contributed by atoms with E-state index in [1.165, 1.54) is 5.56 Å². The van der Waals surface area contributed by atoms with Gasteiger partial charge in [-0.25, -0.2) is 4.98 Å². The molecule has 0 fully saturated rings. The molecular formula is C20H27N3O2. The van der Waals surface area contributed by atoms with Crippen LogP contribution in [0.2, 0.25) is 0 Å². The molecule has 3 rings (SSSR count). The first kappa shape index (κ1) is 17.5. The highest BCUT2D eigenvalue weighted by atomic mass is 16.7. The lowest BCUT2D eigenvalue weighted by Gasteiger charge is -2.23. The number of para-hydroxylation sites is 1. The summed E-state index contributed by atoms with van der Waals surface area (Å²) in [5, 5.41) is 3.50. The summed E-state index contributed by atoms with van der Waals surface area (Å²) < 4.78 is 11.0. The minimum Gasteiger partial charge on any atom is -0.454 e. The number of hydrogen-bond donors (Lipinski definition) is 1. The molecule has 0 aliphatic carbocycles. The molecule has 1 aliphatic rings. The summed E-state index contributed by atoms with van der Waals surface area (Å²) in [5.74, 6) is 2.77. The van der Waals surface area contributed by atoms with Crippen molar-refractivity contribution >= 4 is 5.82 Å². The summed E-state index contributed by atoms with van der Waals surface area (Å²) in [6.45, 7) is 8.36.